The number of nitrogens with zero attached hydrogens (tertiary/aromatic N) is 4. The molecule has 160 valence electrons. The number of methoxy groups -OCH3 is 1. The van der Waals surface area contributed by atoms with Gasteiger partial charge in [-0.15, -0.1) is 5.10 Å². The van der Waals surface area contributed by atoms with E-state index in [-0.39, 0.29) is 36.1 Å². The van der Waals surface area contributed by atoms with Crippen LogP contribution in [0.5, 0.6) is 5.75 Å². The van der Waals surface area contributed by atoms with Crippen LogP contribution in [0.25, 0.3) is 11.4 Å². The Morgan fingerprint density at radius 1 is 1.17 bits per heavy atom. The molecule has 9 heteroatoms. The molecule has 1 aromatic heterocycles. The maximum Gasteiger partial charge on any atom is 0.223 e. The molecular formula is C21H27N5O4. The monoisotopic (exact) mass is 413 g/mol. The zero-order chi connectivity index (χ0) is 20.5. The molecule has 4 unspecified atom stereocenters. The van der Waals surface area contributed by atoms with Gasteiger partial charge in [0.1, 0.15) is 24.0 Å². The summed E-state index contributed by atoms with van der Waals surface area (Å²) in [4.78, 5) is 12.7. The lowest BCUT2D eigenvalue weighted by molar-refractivity contribution is -0.127. The lowest BCUT2D eigenvalue weighted by Gasteiger charge is -2.24. The van der Waals surface area contributed by atoms with E-state index in [4.69, 9.17) is 14.2 Å². The minimum Gasteiger partial charge on any atom is -0.497 e. The Hall–Kier alpha value is -2.52. The maximum absolute atomic E-state index is 12.7. The highest BCUT2D eigenvalue weighted by molar-refractivity contribution is 5.79. The van der Waals surface area contributed by atoms with Gasteiger partial charge in [-0.25, -0.2) is 4.68 Å². The van der Waals surface area contributed by atoms with E-state index in [1.165, 1.54) is 6.42 Å². The van der Waals surface area contributed by atoms with Crippen LogP contribution in [-0.4, -0.2) is 64.7 Å². The van der Waals surface area contributed by atoms with Gasteiger partial charge in [-0.2, -0.15) is 0 Å². The molecule has 9 nitrogen and oxygen atoms in total. The molecule has 3 aliphatic rings. The summed E-state index contributed by atoms with van der Waals surface area (Å²) in [6.07, 6.45) is 5.07. The summed E-state index contributed by atoms with van der Waals surface area (Å²) < 4.78 is 19.2. The molecule has 5 rings (SSSR count). The molecule has 0 spiro atoms. The normalized spacial score (nSPS) is 29.0. The quantitative estimate of drug-likeness (QED) is 0.797. The second-order valence-electron chi connectivity index (χ2n) is 8.29. The Morgan fingerprint density at radius 3 is 2.83 bits per heavy atom. The number of nitrogens with one attached hydrogen (secondary N) is 1. The topological polar surface area (TPSA) is 100 Å². The van der Waals surface area contributed by atoms with Crippen LogP contribution < -0.4 is 10.1 Å². The average Bonchev–Trinajstić information content (AvgIpc) is 3.52. The summed E-state index contributed by atoms with van der Waals surface area (Å²) in [7, 11) is 1.63. The third-order valence-corrected chi connectivity index (χ3v) is 6.47. The van der Waals surface area contributed by atoms with Crippen molar-refractivity contribution in [3.63, 3.8) is 0 Å². The van der Waals surface area contributed by atoms with Crippen molar-refractivity contribution >= 4 is 5.91 Å². The zero-order valence-corrected chi connectivity index (χ0v) is 17.1. The van der Waals surface area contributed by atoms with E-state index in [2.05, 4.69) is 20.8 Å². The van der Waals surface area contributed by atoms with Gasteiger partial charge in [-0.1, -0.05) is 31.4 Å². The lowest BCUT2D eigenvalue weighted by atomic mass is 9.88. The van der Waals surface area contributed by atoms with Gasteiger partial charge in [0.15, 0.2) is 5.82 Å². The smallest absolute Gasteiger partial charge is 0.223 e. The van der Waals surface area contributed by atoms with Crippen LogP contribution in [0.4, 0.5) is 0 Å². The molecule has 1 aromatic carbocycles. The molecule has 2 saturated heterocycles. The Balaban J connectivity index is 1.30. The Morgan fingerprint density at radius 2 is 2.00 bits per heavy atom. The average molecular weight is 413 g/mol. The number of aromatic nitrogens is 4. The first-order valence-corrected chi connectivity index (χ1v) is 10.7. The van der Waals surface area contributed by atoms with Gasteiger partial charge < -0.3 is 19.5 Å². The molecule has 30 heavy (non-hydrogen) atoms. The number of fused-ring (bicyclic) bond motifs is 1. The molecule has 3 fully saturated rings. The van der Waals surface area contributed by atoms with Gasteiger partial charge in [0.2, 0.25) is 5.91 Å². The van der Waals surface area contributed by atoms with Crippen LogP contribution in [0.3, 0.4) is 0 Å². The maximum atomic E-state index is 12.7. The molecule has 2 aliphatic heterocycles. The van der Waals surface area contributed by atoms with Gasteiger partial charge in [-0.05, 0) is 35.4 Å². The minimum absolute atomic E-state index is 0.120. The van der Waals surface area contributed by atoms with Gasteiger partial charge in [0, 0.05) is 11.5 Å². The van der Waals surface area contributed by atoms with E-state index in [1.807, 2.05) is 24.3 Å². The highest BCUT2D eigenvalue weighted by Gasteiger charge is 2.50. The first-order chi connectivity index (χ1) is 14.7. The van der Waals surface area contributed by atoms with Crippen molar-refractivity contribution in [3.8, 4) is 17.1 Å². The van der Waals surface area contributed by atoms with Crippen molar-refractivity contribution in [2.24, 2.45) is 5.92 Å². The number of benzene rings is 1. The molecule has 0 radical (unpaired) electrons. The molecule has 1 amide bonds. The van der Waals surface area contributed by atoms with Crippen LogP contribution in [0.1, 0.15) is 38.1 Å². The standard InChI is InChI=1S/C21H27N5O4/c1-28-15-9-5-8-14(10-15)20-23-24-25-26(20)17-12-30-18-16(11-29-19(17)18)22-21(27)13-6-3-2-4-7-13/h5,8-10,13,16-19H,2-4,6-7,11-12H2,1H3,(H,22,27). The number of amides is 1. The number of carbonyl (C=O) groups is 1. The molecular weight excluding hydrogens is 386 g/mol. The van der Waals surface area contributed by atoms with Crippen molar-refractivity contribution in [2.75, 3.05) is 20.3 Å². The number of hydrogen-bond donors (Lipinski definition) is 1. The highest BCUT2D eigenvalue weighted by Crippen LogP contribution is 2.36. The highest BCUT2D eigenvalue weighted by atomic mass is 16.6. The van der Waals surface area contributed by atoms with Crippen molar-refractivity contribution in [1.29, 1.82) is 0 Å². The Kier molecular flexibility index (Phi) is 5.39. The first-order valence-electron chi connectivity index (χ1n) is 10.7. The molecule has 4 atom stereocenters. The minimum atomic E-state index is -0.200. The second-order valence-corrected chi connectivity index (χ2v) is 8.29. The molecule has 1 N–H and O–H groups in total. The predicted octanol–water partition coefficient (Wildman–Crippen LogP) is 1.75. The summed E-state index contributed by atoms with van der Waals surface area (Å²) in [5.74, 6) is 1.64. The molecule has 0 bridgehead atoms. The Labute approximate surface area is 175 Å². The number of carbonyl (C=O) groups excluding carboxylic acids is 1. The van der Waals surface area contributed by atoms with Crippen LogP contribution in [0, 0.1) is 5.92 Å². The van der Waals surface area contributed by atoms with E-state index in [0.29, 0.717) is 19.0 Å². The van der Waals surface area contributed by atoms with Crippen LogP contribution in [-0.2, 0) is 14.3 Å². The number of ether oxygens (including phenoxy) is 3. The molecule has 2 aromatic rings. The zero-order valence-electron chi connectivity index (χ0n) is 17.1. The molecule has 3 heterocycles. The molecule has 1 aliphatic carbocycles. The summed E-state index contributed by atoms with van der Waals surface area (Å²) in [5, 5.41) is 15.5. The lowest BCUT2D eigenvalue weighted by Crippen LogP contribution is -2.46. The summed E-state index contributed by atoms with van der Waals surface area (Å²) in [6, 6.07) is 7.35. The van der Waals surface area contributed by atoms with Gasteiger partial charge in [0.05, 0.1) is 26.4 Å². The van der Waals surface area contributed by atoms with Crippen molar-refractivity contribution in [2.45, 2.75) is 56.4 Å². The third-order valence-electron chi connectivity index (χ3n) is 6.47. The van der Waals surface area contributed by atoms with E-state index >= 15 is 0 Å². The second kappa shape index (κ2) is 8.31. The SMILES string of the molecule is COc1cccc(-c2nnnn2C2COC3C(NC(=O)C4CCCCC4)COC32)c1. The first kappa shape index (κ1) is 19.4. The van der Waals surface area contributed by atoms with Crippen molar-refractivity contribution < 1.29 is 19.0 Å². The van der Waals surface area contributed by atoms with E-state index in [1.54, 1.807) is 11.8 Å². The Bertz CT molecular complexity index is 897. The van der Waals surface area contributed by atoms with Crippen LogP contribution in [0.15, 0.2) is 24.3 Å². The van der Waals surface area contributed by atoms with E-state index in [0.717, 1.165) is 37.0 Å². The van der Waals surface area contributed by atoms with Crippen molar-refractivity contribution in [1.82, 2.24) is 25.5 Å². The fourth-order valence-electron chi connectivity index (χ4n) is 4.85. The number of tetrazole rings is 1. The molecule has 1 saturated carbocycles. The number of hydrogen-bond acceptors (Lipinski definition) is 7. The largest absolute Gasteiger partial charge is 0.497 e. The van der Waals surface area contributed by atoms with E-state index in [9.17, 15) is 4.79 Å². The van der Waals surface area contributed by atoms with Crippen LogP contribution >= 0.6 is 0 Å². The summed E-state index contributed by atoms with van der Waals surface area (Å²) in [5.41, 5.74) is 0.864. The predicted molar refractivity (Wildman–Crippen MR) is 107 cm³/mol. The fraction of sp³-hybridized carbons (Fsp3) is 0.619. The number of rotatable bonds is 5. The van der Waals surface area contributed by atoms with Crippen LogP contribution in [0.2, 0.25) is 0 Å². The van der Waals surface area contributed by atoms with Gasteiger partial charge >= 0.3 is 0 Å². The van der Waals surface area contributed by atoms with Gasteiger partial charge in [-0.3, -0.25) is 4.79 Å². The summed E-state index contributed by atoms with van der Waals surface area (Å²) >= 11 is 0. The van der Waals surface area contributed by atoms with Crippen molar-refractivity contribution in [3.05, 3.63) is 24.3 Å². The summed E-state index contributed by atoms with van der Waals surface area (Å²) in [6.45, 7) is 0.883. The van der Waals surface area contributed by atoms with Gasteiger partial charge in [0.25, 0.3) is 0 Å². The third kappa shape index (κ3) is 3.56. The van der Waals surface area contributed by atoms with E-state index < -0.39 is 0 Å². The fourth-order valence-corrected chi connectivity index (χ4v) is 4.85.